The van der Waals surface area contributed by atoms with E-state index in [9.17, 15) is 14.7 Å². The van der Waals surface area contributed by atoms with Crippen LogP contribution in [0.2, 0.25) is 0 Å². The quantitative estimate of drug-likeness (QED) is 0.463. The van der Waals surface area contributed by atoms with Gasteiger partial charge in [0.15, 0.2) is 17.4 Å². The number of aromatic hydroxyl groups is 1. The first-order valence-electron chi connectivity index (χ1n) is 12.0. The number of ether oxygens (including phenoxy) is 2. The van der Waals surface area contributed by atoms with Gasteiger partial charge in [-0.2, -0.15) is 0 Å². The molecule has 35 heavy (non-hydrogen) atoms. The number of esters is 1. The summed E-state index contributed by atoms with van der Waals surface area (Å²) in [6.07, 6.45) is 0. The van der Waals surface area contributed by atoms with Crippen LogP contribution in [0.15, 0.2) is 53.5 Å². The molecular formula is C26H32N4O5. The second-order valence-corrected chi connectivity index (χ2v) is 8.53. The summed E-state index contributed by atoms with van der Waals surface area (Å²) in [5.74, 6) is -1.48. The third kappa shape index (κ3) is 5.74. The Morgan fingerprint density at radius 3 is 2.51 bits per heavy atom. The van der Waals surface area contributed by atoms with Crippen molar-refractivity contribution in [2.75, 3.05) is 39.4 Å². The summed E-state index contributed by atoms with van der Waals surface area (Å²) in [6, 6.07) is 14.3. The van der Waals surface area contributed by atoms with E-state index in [1.807, 2.05) is 30.0 Å². The van der Waals surface area contributed by atoms with Crippen LogP contribution in [0, 0.1) is 5.92 Å². The highest BCUT2D eigenvalue weighted by atomic mass is 16.5. The fourth-order valence-corrected chi connectivity index (χ4v) is 4.41. The van der Waals surface area contributed by atoms with Crippen LogP contribution >= 0.6 is 0 Å². The van der Waals surface area contributed by atoms with E-state index in [0.717, 1.165) is 19.6 Å². The molecule has 2 aliphatic heterocycles. The van der Waals surface area contributed by atoms with E-state index in [-0.39, 0.29) is 18.1 Å². The van der Waals surface area contributed by atoms with Gasteiger partial charge in [0.25, 0.3) is 0 Å². The first kappa shape index (κ1) is 24.5. The molecule has 0 unspecified atom stereocenters. The topological polar surface area (TPSA) is 104 Å². The van der Waals surface area contributed by atoms with E-state index >= 15 is 0 Å². The Hall–Kier alpha value is -3.59. The minimum absolute atomic E-state index is 0.0118. The molecule has 2 heterocycles. The van der Waals surface area contributed by atoms with E-state index in [1.54, 1.807) is 19.1 Å². The number of aliphatic imine (C=N–C) groups is 1. The zero-order valence-electron chi connectivity index (χ0n) is 20.1. The van der Waals surface area contributed by atoms with E-state index in [4.69, 9.17) is 14.5 Å². The molecule has 0 aromatic heterocycles. The number of guanidine groups is 1. The first-order chi connectivity index (χ1) is 17.0. The van der Waals surface area contributed by atoms with Gasteiger partial charge in [-0.05, 0) is 37.1 Å². The largest absolute Gasteiger partial charge is 0.504 e. The van der Waals surface area contributed by atoms with E-state index in [1.165, 1.54) is 11.6 Å². The number of hydrogen-bond acceptors (Lipinski definition) is 8. The van der Waals surface area contributed by atoms with E-state index < -0.39 is 23.8 Å². The van der Waals surface area contributed by atoms with Gasteiger partial charge in [0, 0.05) is 32.7 Å². The molecule has 2 aromatic rings. The van der Waals surface area contributed by atoms with Crippen molar-refractivity contribution in [3.8, 4) is 11.5 Å². The third-order valence-corrected chi connectivity index (χ3v) is 6.18. The fourth-order valence-electron chi connectivity index (χ4n) is 4.41. The van der Waals surface area contributed by atoms with Gasteiger partial charge >= 0.3 is 5.97 Å². The number of phenolic OH excluding ortho intramolecular Hbond substituents is 1. The Morgan fingerprint density at radius 1 is 1.09 bits per heavy atom. The number of nitrogens with zero attached hydrogens (tertiary/aromatic N) is 3. The van der Waals surface area contributed by atoms with Gasteiger partial charge in [-0.3, -0.25) is 19.8 Å². The van der Waals surface area contributed by atoms with Crippen molar-refractivity contribution in [2.45, 2.75) is 26.4 Å². The molecule has 1 amide bonds. The van der Waals surface area contributed by atoms with Gasteiger partial charge in [0.1, 0.15) is 6.04 Å². The molecule has 2 N–H and O–H groups in total. The zero-order valence-corrected chi connectivity index (χ0v) is 20.1. The number of piperazine rings is 1. The Morgan fingerprint density at radius 2 is 1.83 bits per heavy atom. The number of phenols is 1. The molecule has 186 valence electrons. The molecule has 0 radical (unpaired) electrons. The van der Waals surface area contributed by atoms with Crippen molar-refractivity contribution >= 4 is 17.8 Å². The number of carbonyl (C=O) groups excluding carboxylic acids is 2. The molecule has 9 nitrogen and oxygen atoms in total. The molecular weight excluding hydrogens is 448 g/mol. The van der Waals surface area contributed by atoms with Crippen molar-refractivity contribution in [3.05, 3.63) is 59.7 Å². The Bertz CT molecular complexity index is 1070. The van der Waals surface area contributed by atoms with E-state index in [0.29, 0.717) is 31.2 Å². The summed E-state index contributed by atoms with van der Waals surface area (Å²) in [4.78, 5) is 35.0. The monoisotopic (exact) mass is 480 g/mol. The lowest BCUT2D eigenvalue weighted by Gasteiger charge is -2.39. The lowest BCUT2D eigenvalue weighted by atomic mass is 9.91. The van der Waals surface area contributed by atoms with E-state index in [2.05, 4.69) is 22.3 Å². The molecule has 9 heteroatoms. The minimum atomic E-state index is -1.13. The maximum atomic E-state index is 13.1. The lowest BCUT2D eigenvalue weighted by Crippen LogP contribution is -2.57. The number of amides is 1. The normalized spacial score (nSPS) is 20.7. The molecule has 0 saturated carbocycles. The average Bonchev–Trinajstić information content (AvgIpc) is 2.86. The van der Waals surface area contributed by atoms with Crippen LogP contribution in [0.3, 0.4) is 0 Å². The number of rotatable bonds is 7. The number of benzene rings is 2. The second-order valence-electron chi connectivity index (χ2n) is 8.53. The van der Waals surface area contributed by atoms with Gasteiger partial charge in [-0.1, -0.05) is 36.4 Å². The molecule has 2 aromatic carbocycles. The number of hydrogen-bond donors (Lipinski definition) is 2. The van der Waals surface area contributed by atoms with Crippen LogP contribution in [-0.4, -0.2) is 72.1 Å². The maximum absolute atomic E-state index is 13.1. The Kier molecular flexibility index (Phi) is 7.87. The SMILES string of the molecule is CCOC(=O)[C@H]1C(=O)NC(N2CCN(Cc3ccccc3)CC2)=N[C@@H]1c1ccc(O)c(OCC)c1. The van der Waals surface area contributed by atoms with Crippen molar-refractivity contribution in [1.29, 1.82) is 0 Å². The summed E-state index contributed by atoms with van der Waals surface area (Å²) in [5, 5.41) is 12.9. The summed E-state index contributed by atoms with van der Waals surface area (Å²) in [7, 11) is 0. The fraction of sp³-hybridized carbons (Fsp3) is 0.423. The summed E-state index contributed by atoms with van der Waals surface area (Å²) >= 11 is 0. The van der Waals surface area contributed by atoms with Gasteiger partial charge in [-0.15, -0.1) is 0 Å². The van der Waals surface area contributed by atoms with Gasteiger partial charge < -0.3 is 19.5 Å². The van der Waals surface area contributed by atoms with Crippen LogP contribution in [-0.2, 0) is 20.9 Å². The number of carbonyl (C=O) groups is 2. The molecule has 0 bridgehead atoms. The Labute approximate surface area is 205 Å². The van der Waals surface area contributed by atoms with Crippen LogP contribution in [0.5, 0.6) is 11.5 Å². The lowest BCUT2D eigenvalue weighted by molar-refractivity contribution is -0.153. The highest BCUT2D eigenvalue weighted by Crippen LogP contribution is 2.36. The van der Waals surface area contributed by atoms with Crippen LogP contribution in [0.25, 0.3) is 0 Å². The second kappa shape index (κ2) is 11.2. The standard InChI is InChI=1S/C26H32N4O5/c1-3-34-21-16-19(10-11-20(21)31)23-22(25(33)35-4-2)24(32)28-26(27-23)30-14-12-29(13-15-30)17-18-8-6-5-7-9-18/h5-11,16,22-23,31H,3-4,12-15,17H2,1-2H3,(H,27,28,32)/t22-,23-/m1/s1. The van der Waals surface area contributed by atoms with Gasteiger partial charge in [0.2, 0.25) is 11.9 Å². The predicted octanol–water partition coefficient (Wildman–Crippen LogP) is 2.31. The minimum Gasteiger partial charge on any atom is -0.504 e. The van der Waals surface area contributed by atoms with Crippen LogP contribution in [0.4, 0.5) is 0 Å². The predicted molar refractivity (Wildman–Crippen MR) is 131 cm³/mol. The third-order valence-electron chi connectivity index (χ3n) is 6.18. The highest BCUT2D eigenvalue weighted by Gasteiger charge is 2.42. The zero-order chi connectivity index (χ0) is 24.8. The van der Waals surface area contributed by atoms with Crippen LogP contribution < -0.4 is 10.1 Å². The maximum Gasteiger partial charge on any atom is 0.321 e. The van der Waals surface area contributed by atoms with Crippen molar-refractivity contribution in [3.63, 3.8) is 0 Å². The summed E-state index contributed by atoms with van der Waals surface area (Å²) < 4.78 is 10.7. The van der Waals surface area contributed by atoms with Gasteiger partial charge in [0.05, 0.1) is 13.2 Å². The molecule has 2 atom stereocenters. The summed E-state index contributed by atoms with van der Waals surface area (Å²) in [6.45, 7) is 7.95. The van der Waals surface area contributed by atoms with Crippen molar-refractivity contribution < 1.29 is 24.2 Å². The van der Waals surface area contributed by atoms with Crippen LogP contribution in [0.1, 0.15) is 31.0 Å². The number of nitrogens with one attached hydrogen (secondary N) is 1. The molecule has 4 rings (SSSR count). The van der Waals surface area contributed by atoms with Crippen molar-refractivity contribution in [1.82, 2.24) is 15.1 Å². The highest BCUT2D eigenvalue weighted by molar-refractivity contribution is 6.08. The molecule has 2 aliphatic rings. The smallest absolute Gasteiger partial charge is 0.321 e. The van der Waals surface area contributed by atoms with Crippen molar-refractivity contribution in [2.24, 2.45) is 10.9 Å². The average molecular weight is 481 g/mol. The molecule has 0 spiro atoms. The molecule has 0 aliphatic carbocycles. The molecule has 1 fully saturated rings. The first-order valence-corrected chi connectivity index (χ1v) is 12.0. The Balaban J connectivity index is 1.55. The summed E-state index contributed by atoms with van der Waals surface area (Å²) in [5.41, 5.74) is 1.86. The molecule has 1 saturated heterocycles. The van der Waals surface area contributed by atoms with Gasteiger partial charge in [-0.25, -0.2) is 4.99 Å².